The van der Waals surface area contributed by atoms with Crippen LogP contribution in [0.3, 0.4) is 0 Å². The lowest BCUT2D eigenvalue weighted by atomic mass is 9.47. The molecule has 5 heteroatoms. The fourth-order valence-corrected chi connectivity index (χ4v) is 8.23. The first-order chi connectivity index (χ1) is 14.8. The molecule has 1 heterocycles. The van der Waals surface area contributed by atoms with Gasteiger partial charge in [0.05, 0.1) is 0 Å². The molecule has 168 valence electrons. The predicted molar refractivity (Wildman–Crippen MR) is 123 cm³/mol. The van der Waals surface area contributed by atoms with Gasteiger partial charge in [0.25, 0.3) is 0 Å². The van der Waals surface area contributed by atoms with Crippen molar-refractivity contribution in [1.29, 1.82) is 0 Å². The molecule has 3 aliphatic carbocycles. The lowest BCUT2D eigenvalue weighted by Gasteiger charge is -2.61. The number of carbonyl (C=O) groups is 2. The molecule has 0 bridgehead atoms. The van der Waals surface area contributed by atoms with Crippen molar-refractivity contribution in [3.05, 3.63) is 30.3 Å². The average molecular weight is 424 g/mol. The number of urea groups is 1. The first kappa shape index (κ1) is 20.8. The molecule has 2 N–H and O–H groups in total. The van der Waals surface area contributed by atoms with Crippen LogP contribution < -0.4 is 10.6 Å². The molecule has 5 rings (SSSR count). The lowest BCUT2D eigenvalue weighted by Crippen LogP contribution is -2.62. The highest BCUT2D eigenvalue weighted by atomic mass is 16.2. The van der Waals surface area contributed by atoms with Gasteiger partial charge < -0.3 is 15.5 Å². The Labute approximate surface area is 186 Å². The molecule has 0 radical (unpaired) electrons. The molecule has 4 aliphatic rings. The molecule has 0 spiro atoms. The van der Waals surface area contributed by atoms with Gasteiger partial charge in [0.15, 0.2) is 0 Å². The van der Waals surface area contributed by atoms with E-state index in [-0.39, 0.29) is 22.9 Å². The highest BCUT2D eigenvalue weighted by Crippen LogP contribution is 2.64. The van der Waals surface area contributed by atoms with E-state index in [9.17, 15) is 9.59 Å². The summed E-state index contributed by atoms with van der Waals surface area (Å²) in [6.07, 6.45) is 8.81. The summed E-state index contributed by atoms with van der Waals surface area (Å²) in [5, 5.41) is 6.34. The number of carbonyl (C=O) groups excluding carboxylic acids is 2. The number of hydrogen-bond donors (Lipinski definition) is 2. The summed E-state index contributed by atoms with van der Waals surface area (Å²) in [6, 6.07) is 10.3. The maximum atomic E-state index is 12.7. The number of fused-ring (bicyclic) bond motifs is 5. The number of nitrogens with zero attached hydrogens (tertiary/aromatic N) is 1. The molecule has 3 saturated carbocycles. The number of anilines is 1. The van der Waals surface area contributed by atoms with Crippen LogP contribution in [-0.4, -0.2) is 36.0 Å². The van der Waals surface area contributed by atoms with Crippen molar-refractivity contribution in [2.24, 2.45) is 28.6 Å². The maximum Gasteiger partial charge on any atom is 0.319 e. The minimum atomic E-state index is -0.0803. The number of benzene rings is 1. The number of hydrogen-bond acceptors (Lipinski definition) is 2. The fourth-order valence-electron chi connectivity index (χ4n) is 8.23. The quantitative estimate of drug-likeness (QED) is 0.700. The third-order valence-electron chi connectivity index (χ3n) is 9.89. The van der Waals surface area contributed by atoms with E-state index in [0.717, 1.165) is 30.9 Å². The van der Waals surface area contributed by atoms with Gasteiger partial charge in [-0.2, -0.15) is 0 Å². The smallest absolute Gasteiger partial charge is 0.319 e. The van der Waals surface area contributed by atoms with Gasteiger partial charge in [0.1, 0.15) is 0 Å². The summed E-state index contributed by atoms with van der Waals surface area (Å²) in [6.45, 7) is 4.90. The van der Waals surface area contributed by atoms with Gasteiger partial charge in [0.2, 0.25) is 5.91 Å². The molecule has 5 nitrogen and oxygen atoms in total. The average Bonchev–Trinajstić information content (AvgIpc) is 3.08. The van der Waals surface area contributed by atoms with Crippen molar-refractivity contribution >= 4 is 17.6 Å². The molecule has 3 amide bonds. The minimum absolute atomic E-state index is 0.0803. The fraction of sp³-hybridized carbons (Fsp3) is 0.692. The van der Waals surface area contributed by atoms with Crippen LogP contribution >= 0.6 is 0 Å². The largest absolute Gasteiger partial charge is 0.342 e. The summed E-state index contributed by atoms with van der Waals surface area (Å²) >= 11 is 0. The number of amides is 3. The topological polar surface area (TPSA) is 61.4 Å². The number of rotatable bonds is 2. The summed E-state index contributed by atoms with van der Waals surface area (Å²) < 4.78 is 0. The first-order valence-corrected chi connectivity index (χ1v) is 12.2. The SMILES string of the molecule is CN1C(=O)CC[C@]2(C)[C@H]3CC[C@]4(C)[C@@H](NC(=O)Nc5ccccc5)CC[C@H]4[C@@H]3CC[C@@H]12. The molecule has 0 aromatic heterocycles. The predicted octanol–water partition coefficient (Wildman–Crippen LogP) is 5.04. The second-order valence-corrected chi connectivity index (χ2v) is 11.1. The third kappa shape index (κ3) is 3.27. The van der Waals surface area contributed by atoms with Crippen LogP contribution in [0.2, 0.25) is 0 Å². The Hall–Kier alpha value is -2.04. The van der Waals surface area contributed by atoms with Crippen LogP contribution in [0, 0.1) is 28.6 Å². The van der Waals surface area contributed by atoms with Crippen LogP contribution in [-0.2, 0) is 4.79 Å². The van der Waals surface area contributed by atoms with E-state index in [1.165, 1.54) is 25.7 Å². The van der Waals surface area contributed by atoms with E-state index < -0.39 is 0 Å². The van der Waals surface area contributed by atoms with Crippen molar-refractivity contribution in [3.63, 3.8) is 0 Å². The highest BCUT2D eigenvalue weighted by Gasteiger charge is 2.61. The van der Waals surface area contributed by atoms with Gasteiger partial charge in [-0.25, -0.2) is 4.79 Å². The van der Waals surface area contributed by atoms with E-state index >= 15 is 0 Å². The van der Waals surface area contributed by atoms with Crippen molar-refractivity contribution < 1.29 is 9.59 Å². The Kier molecular flexibility index (Phi) is 5.06. The van der Waals surface area contributed by atoms with Gasteiger partial charge in [-0.15, -0.1) is 0 Å². The summed E-state index contributed by atoms with van der Waals surface area (Å²) in [4.78, 5) is 27.1. The second-order valence-electron chi connectivity index (χ2n) is 11.1. The Bertz CT molecular complexity index is 857. The molecule has 0 unspecified atom stereocenters. The molecule has 7 atom stereocenters. The number of para-hydroxylation sites is 1. The second kappa shape index (κ2) is 7.53. The monoisotopic (exact) mass is 423 g/mol. The number of piperidine rings is 1. The van der Waals surface area contributed by atoms with E-state index in [4.69, 9.17) is 0 Å². The Morgan fingerprint density at radius 2 is 1.71 bits per heavy atom. The molecule has 1 saturated heterocycles. The lowest BCUT2D eigenvalue weighted by molar-refractivity contribution is -0.157. The zero-order chi connectivity index (χ0) is 21.8. The van der Waals surface area contributed by atoms with Gasteiger partial charge >= 0.3 is 6.03 Å². The van der Waals surface area contributed by atoms with E-state index in [0.29, 0.717) is 30.2 Å². The van der Waals surface area contributed by atoms with E-state index in [1.54, 1.807) is 0 Å². The molecule has 31 heavy (non-hydrogen) atoms. The maximum absolute atomic E-state index is 12.7. The van der Waals surface area contributed by atoms with Crippen molar-refractivity contribution in [2.75, 3.05) is 12.4 Å². The van der Waals surface area contributed by atoms with Crippen LogP contribution in [0.4, 0.5) is 10.5 Å². The van der Waals surface area contributed by atoms with Crippen LogP contribution in [0.5, 0.6) is 0 Å². The normalized spacial score (nSPS) is 41.7. The number of nitrogens with one attached hydrogen (secondary N) is 2. The van der Waals surface area contributed by atoms with Gasteiger partial charge in [-0.1, -0.05) is 32.0 Å². The molecular formula is C26H37N3O2. The van der Waals surface area contributed by atoms with Crippen molar-refractivity contribution in [1.82, 2.24) is 10.2 Å². The third-order valence-corrected chi connectivity index (χ3v) is 9.89. The Balaban J connectivity index is 1.30. The number of likely N-dealkylation sites (tertiary alicyclic amines) is 1. The Morgan fingerprint density at radius 3 is 2.48 bits per heavy atom. The van der Waals surface area contributed by atoms with Gasteiger partial charge in [0, 0.05) is 31.2 Å². The van der Waals surface area contributed by atoms with Crippen LogP contribution in [0.1, 0.15) is 65.2 Å². The standard InChI is InChI=1S/C26H37N3O2/c1-25-15-13-20-18(9-12-22-26(20,2)16-14-23(30)29(22)3)19(25)10-11-21(25)28-24(31)27-17-7-5-4-6-8-17/h4-8,18-22H,9-16H2,1-3H3,(H2,27,28,31)/t18-,19-,20-,21-,22+,25-,26+/m0/s1. The van der Waals surface area contributed by atoms with Crippen LogP contribution in [0.15, 0.2) is 30.3 Å². The molecule has 1 aliphatic heterocycles. The zero-order valence-corrected chi connectivity index (χ0v) is 19.2. The van der Waals surface area contributed by atoms with Crippen molar-refractivity contribution in [3.8, 4) is 0 Å². The highest BCUT2D eigenvalue weighted by molar-refractivity contribution is 5.89. The summed E-state index contributed by atoms with van der Waals surface area (Å²) in [5.74, 6) is 2.44. The molecular weight excluding hydrogens is 386 g/mol. The minimum Gasteiger partial charge on any atom is -0.342 e. The molecule has 1 aromatic carbocycles. The molecule has 1 aromatic rings. The zero-order valence-electron chi connectivity index (χ0n) is 19.2. The summed E-state index contributed by atoms with van der Waals surface area (Å²) in [5.41, 5.74) is 1.27. The Morgan fingerprint density at radius 1 is 0.968 bits per heavy atom. The van der Waals surface area contributed by atoms with E-state index in [1.807, 2.05) is 37.4 Å². The summed E-state index contributed by atoms with van der Waals surface area (Å²) in [7, 11) is 2.03. The first-order valence-electron chi connectivity index (χ1n) is 12.2. The van der Waals surface area contributed by atoms with Gasteiger partial charge in [-0.05, 0) is 85.7 Å². The molecule has 4 fully saturated rings. The van der Waals surface area contributed by atoms with Crippen molar-refractivity contribution in [2.45, 2.75) is 77.3 Å². The van der Waals surface area contributed by atoms with E-state index in [2.05, 4.69) is 29.4 Å². The van der Waals surface area contributed by atoms with Crippen LogP contribution in [0.25, 0.3) is 0 Å². The van der Waals surface area contributed by atoms with Gasteiger partial charge in [-0.3, -0.25) is 4.79 Å².